The molecule has 0 unspecified atom stereocenters. The van der Waals surface area contributed by atoms with Gasteiger partial charge in [0.1, 0.15) is 0 Å². The first kappa shape index (κ1) is 11.5. The molecule has 1 aromatic heterocycles. The Bertz CT molecular complexity index is 541. The SMILES string of the molecule is Nc1c(Cl)cncc1-c1cc(Cl)ccc1Cl. The fourth-order valence-electron chi connectivity index (χ4n) is 1.36. The lowest BCUT2D eigenvalue weighted by Crippen LogP contribution is -1.93. The quantitative estimate of drug-likeness (QED) is 0.842. The van der Waals surface area contributed by atoms with Gasteiger partial charge in [-0.25, -0.2) is 0 Å². The van der Waals surface area contributed by atoms with Crippen molar-refractivity contribution >= 4 is 40.5 Å². The van der Waals surface area contributed by atoms with Crippen molar-refractivity contribution in [3.8, 4) is 11.1 Å². The number of hydrogen-bond donors (Lipinski definition) is 1. The van der Waals surface area contributed by atoms with Crippen LogP contribution in [-0.4, -0.2) is 4.98 Å². The van der Waals surface area contributed by atoms with E-state index < -0.39 is 0 Å². The van der Waals surface area contributed by atoms with Crippen LogP contribution < -0.4 is 5.73 Å². The molecule has 0 amide bonds. The van der Waals surface area contributed by atoms with Crippen LogP contribution in [0.25, 0.3) is 11.1 Å². The predicted molar refractivity (Wildman–Crippen MR) is 69.1 cm³/mol. The molecule has 0 radical (unpaired) electrons. The second-order valence-corrected chi connectivity index (χ2v) is 4.46. The van der Waals surface area contributed by atoms with Crippen molar-refractivity contribution in [1.82, 2.24) is 4.98 Å². The van der Waals surface area contributed by atoms with Gasteiger partial charge in [-0.1, -0.05) is 34.8 Å². The standard InChI is InChI=1S/C11H7Cl3N2/c12-6-1-2-9(13)7(3-6)8-4-16-5-10(14)11(8)15/h1-5H,(H2,15,16). The first-order chi connectivity index (χ1) is 7.59. The van der Waals surface area contributed by atoms with Crippen LogP contribution >= 0.6 is 34.8 Å². The number of hydrogen-bond acceptors (Lipinski definition) is 2. The minimum Gasteiger partial charge on any atom is -0.397 e. The van der Waals surface area contributed by atoms with Crippen molar-refractivity contribution in [2.75, 3.05) is 5.73 Å². The van der Waals surface area contributed by atoms with E-state index in [4.69, 9.17) is 40.5 Å². The molecule has 0 bridgehead atoms. The van der Waals surface area contributed by atoms with Gasteiger partial charge in [0.05, 0.1) is 10.7 Å². The normalized spacial score (nSPS) is 10.4. The molecule has 0 saturated carbocycles. The molecule has 0 aliphatic rings. The summed E-state index contributed by atoms with van der Waals surface area (Å²) in [5, 5.41) is 1.53. The summed E-state index contributed by atoms with van der Waals surface area (Å²) < 4.78 is 0. The minimum atomic E-state index is 0.397. The molecule has 1 heterocycles. The van der Waals surface area contributed by atoms with Crippen LogP contribution in [0.4, 0.5) is 5.69 Å². The summed E-state index contributed by atoms with van der Waals surface area (Å²) in [7, 11) is 0. The average molecular weight is 274 g/mol. The molecule has 2 nitrogen and oxygen atoms in total. The van der Waals surface area contributed by atoms with E-state index in [1.54, 1.807) is 24.4 Å². The van der Waals surface area contributed by atoms with Crippen LogP contribution in [0.15, 0.2) is 30.6 Å². The van der Waals surface area contributed by atoms with E-state index in [0.29, 0.717) is 26.3 Å². The molecule has 0 saturated heterocycles. The molecule has 1 aromatic carbocycles. The fraction of sp³-hybridized carbons (Fsp3) is 0. The van der Waals surface area contributed by atoms with Gasteiger partial charge in [0.15, 0.2) is 0 Å². The van der Waals surface area contributed by atoms with Crippen LogP contribution in [0, 0.1) is 0 Å². The average Bonchev–Trinajstić information content (AvgIpc) is 2.26. The van der Waals surface area contributed by atoms with E-state index in [0.717, 1.165) is 5.56 Å². The Morgan fingerprint density at radius 1 is 0.938 bits per heavy atom. The van der Waals surface area contributed by atoms with Crippen molar-refractivity contribution < 1.29 is 0 Å². The van der Waals surface area contributed by atoms with Gasteiger partial charge in [-0.05, 0) is 18.2 Å². The maximum Gasteiger partial charge on any atom is 0.0824 e. The largest absolute Gasteiger partial charge is 0.397 e. The van der Waals surface area contributed by atoms with Crippen molar-refractivity contribution in [2.45, 2.75) is 0 Å². The molecule has 2 aromatic rings. The molecule has 0 atom stereocenters. The third-order valence-corrected chi connectivity index (χ3v) is 3.02. The fourth-order valence-corrected chi connectivity index (χ4v) is 1.91. The second kappa shape index (κ2) is 4.50. The summed E-state index contributed by atoms with van der Waals surface area (Å²) in [6, 6.07) is 5.15. The number of aromatic nitrogens is 1. The number of nitrogens with zero attached hydrogens (tertiary/aromatic N) is 1. The lowest BCUT2D eigenvalue weighted by Gasteiger charge is -2.08. The van der Waals surface area contributed by atoms with E-state index in [2.05, 4.69) is 4.98 Å². The maximum atomic E-state index is 6.07. The summed E-state index contributed by atoms with van der Waals surface area (Å²) in [5.41, 5.74) is 7.71. The molecule has 2 N–H and O–H groups in total. The van der Waals surface area contributed by atoms with Gasteiger partial charge in [0.25, 0.3) is 0 Å². The molecular formula is C11H7Cl3N2. The highest BCUT2D eigenvalue weighted by molar-refractivity contribution is 6.36. The van der Waals surface area contributed by atoms with Gasteiger partial charge in [0.2, 0.25) is 0 Å². The number of anilines is 1. The zero-order valence-corrected chi connectivity index (χ0v) is 10.3. The Hall–Kier alpha value is -0.960. The van der Waals surface area contributed by atoms with Crippen LogP contribution in [-0.2, 0) is 0 Å². The van der Waals surface area contributed by atoms with Crippen molar-refractivity contribution in [3.63, 3.8) is 0 Å². The monoisotopic (exact) mass is 272 g/mol. The lowest BCUT2D eigenvalue weighted by molar-refractivity contribution is 1.33. The van der Waals surface area contributed by atoms with E-state index in [9.17, 15) is 0 Å². The Morgan fingerprint density at radius 2 is 1.69 bits per heavy atom. The summed E-state index contributed by atoms with van der Waals surface area (Å²) in [4.78, 5) is 3.98. The third-order valence-electron chi connectivity index (χ3n) is 2.16. The molecule has 16 heavy (non-hydrogen) atoms. The molecule has 82 valence electrons. The van der Waals surface area contributed by atoms with Crippen molar-refractivity contribution in [2.24, 2.45) is 0 Å². The highest BCUT2D eigenvalue weighted by atomic mass is 35.5. The predicted octanol–water partition coefficient (Wildman–Crippen LogP) is 4.29. The summed E-state index contributed by atoms with van der Waals surface area (Å²) in [5.74, 6) is 0. The van der Waals surface area contributed by atoms with Crippen LogP contribution in [0.5, 0.6) is 0 Å². The zero-order valence-electron chi connectivity index (χ0n) is 8.05. The minimum absolute atomic E-state index is 0.397. The van der Waals surface area contributed by atoms with E-state index in [1.807, 2.05) is 0 Å². The summed E-state index contributed by atoms with van der Waals surface area (Å²) >= 11 is 17.9. The van der Waals surface area contributed by atoms with Gasteiger partial charge >= 0.3 is 0 Å². The lowest BCUT2D eigenvalue weighted by atomic mass is 10.1. The van der Waals surface area contributed by atoms with Crippen LogP contribution in [0.2, 0.25) is 15.1 Å². The van der Waals surface area contributed by atoms with Gasteiger partial charge in [0, 0.05) is 33.6 Å². The zero-order chi connectivity index (χ0) is 11.7. The number of halogens is 3. The molecule has 0 aliphatic heterocycles. The number of nitrogen functional groups attached to an aromatic ring is 1. The molecule has 0 spiro atoms. The van der Waals surface area contributed by atoms with Gasteiger partial charge in [-0.15, -0.1) is 0 Å². The van der Waals surface area contributed by atoms with Crippen LogP contribution in [0.1, 0.15) is 0 Å². The van der Waals surface area contributed by atoms with Gasteiger partial charge in [-0.3, -0.25) is 4.98 Å². The number of nitrogens with two attached hydrogens (primary N) is 1. The first-order valence-corrected chi connectivity index (χ1v) is 5.57. The summed E-state index contributed by atoms with van der Waals surface area (Å²) in [6.45, 7) is 0. The van der Waals surface area contributed by atoms with E-state index >= 15 is 0 Å². The summed E-state index contributed by atoms with van der Waals surface area (Å²) in [6.07, 6.45) is 3.09. The van der Waals surface area contributed by atoms with Gasteiger partial charge in [-0.2, -0.15) is 0 Å². The molecule has 5 heteroatoms. The number of rotatable bonds is 1. The first-order valence-electron chi connectivity index (χ1n) is 4.44. The Labute approximate surface area is 108 Å². The molecule has 0 aliphatic carbocycles. The highest BCUT2D eigenvalue weighted by Crippen LogP contribution is 2.36. The van der Waals surface area contributed by atoms with E-state index in [-0.39, 0.29) is 0 Å². The second-order valence-electron chi connectivity index (χ2n) is 3.21. The maximum absolute atomic E-state index is 6.07. The van der Waals surface area contributed by atoms with Crippen LogP contribution in [0.3, 0.4) is 0 Å². The molecule has 0 fully saturated rings. The van der Waals surface area contributed by atoms with E-state index in [1.165, 1.54) is 6.20 Å². The number of pyridine rings is 1. The number of benzene rings is 1. The Balaban J connectivity index is 2.67. The smallest absolute Gasteiger partial charge is 0.0824 e. The highest BCUT2D eigenvalue weighted by Gasteiger charge is 2.10. The molecule has 2 rings (SSSR count). The third kappa shape index (κ3) is 2.09. The Morgan fingerprint density at radius 3 is 2.44 bits per heavy atom. The van der Waals surface area contributed by atoms with Crippen molar-refractivity contribution in [1.29, 1.82) is 0 Å². The van der Waals surface area contributed by atoms with Gasteiger partial charge < -0.3 is 5.73 Å². The molecular weight excluding hydrogens is 266 g/mol. The Kier molecular flexibility index (Phi) is 3.24. The topological polar surface area (TPSA) is 38.9 Å². The van der Waals surface area contributed by atoms with Crippen molar-refractivity contribution in [3.05, 3.63) is 45.7 Å².